The van der Waals surface area contributed by atoms with Crippen LogP contribution in [0.15, 0.2) is 18.2 Å². The summed E-state index contributed by atoms with van der Waals surface area (Å²) in [6, 6.07) is 4.54. The fourth-order valence-electron chi connectivity index (χ4n) is 1.27. The van der Waals surface area contributed by atoms with E-state index in [0.717, 1.165) is 5.56 Å². The third-order valence-corrected chi connectivity index (χ3v) is 2.20. The topological polar surface area (TPSA) is 32.3 Å². The molecule has 0 saturated heterocycles. The third-order valence-electron chi connectivity index (χ3n) is 2.20. The lowest BCUT2D eigenvalue weighted by Gasteiger charge is -2.10. The van der Waals surface area contributed by atoms with Gasteiger partial charge >= 0.3 is 0 Å². The van der Waals surface area contributed by atoms with E-state index in [0.29, 0.717) is 12.1 Å². The summed E-state index contributed by atoms with van der Waals surface area (Å²) < 4.78 is 36.8. The number of aliphatic hydroxyl groups excluding tert-OH is 1. The first-order valence-corrected chi connectivity index (χ1v) is 4.92. The molecule has 0 heterocycles. The number of alkyl halides is 2. The van der Waals surface area contributed by atoms with Crippen LogP contribution in [0.2, 0.25) is 0 Å². The Balaban J connectivity index is 2.40. The Bertz CT molecular complexity index is 344. The normalized spacial score (nSPS) is 13.1. The van der Waals surface area contributed by atoms with Crippen molar-refractivity contribution in [2.45, 2.75) is 26.0 Å². The van der Waals surface area contributed by atoms with Gasteiger partial charge in [-0.3, -0.25) is 0 Å². The number of benzene rings is 1. The summed E-state index contributed by atoms with van der Waals surface area (Å²) in [7, 11) is 0. The zero-order chi connectivity index (χ0) is 12.1. The largest absolute Gasteiger partial charge is 0.386 e. The third kappa shape index (κ3) is 3.83. The summed E-state index contributed by atoms with van der Waals surface area (Å²) in [6.45, 7) is 1.77. The molecular weight excluding hydrogens is 219 g/mol. The minimum atomic E-state index is -2.75. The van der Waals surface area contributed by atoms with Crippen LogP contribution in [-0.2, 0) is 6.54 Å². The number of nitrogens with one attached hydrogen (secondary N) is 1. The second-order valence-electron chi connectivity index (χ2n) is 3.62. The van der Waals surface area contributed by atoms with Crippen LogP contribution >= 0.6 is 0 Å². The van der Waals surface area contributed by atoms with Crippen LogP contribution in [0, 0.1) is 12.7 Å². The summed E-state index contributed by atoms with van der Waals surface area (Å²) in [6.07, 6.45) is -4.41. The number of hydrogen-bond acceptors (Lipinski definition) is 2. The molecule has 1 unspecified atom stereocenters. The second-order valence-corrected chi connectivity index (χ2v) is 3.62. The van der Waals surface area contributed by atoms with E-state index in [-0.39, 0.29) is 12.4 Å². The van der Waals surface area contributed by atoms with Crippen LogP contribution in [0.25, 0.3) is 0 Å². The molecule has 1 atom stereocenters. The zero-order valence-corrected chi connectivity index (χ0v) is 8.88. The first kappa shape index (κ1) is 13.0. The molecule has 0 aliphatic rings. The number of hydrogen-bond donors (Lipinski definition) is 2. The van der Waals surface area contributed by atoms with E-state index in [4.69, 9.17) is 5.11 Å². The van der Waals surface area contributed by atoms with Gasteiger partial charge in [0.1, 0.15) is 11.9 Å². The molecule has 90 valence electrons. The van der Waals surface area contributed by atoms with Gasteiger partial charge in [-0.1, -0.05) is 12.1 Å². The van der Waals surface area contributed by atoms with Gasteiger partial charge in [-0.05, 0) is 24.1 Å². The Morgan fingerprint density at radius 1 is 1.38 bits per heavy atom. The van der Waals surface area contributed by atoms with Gasteiger partial charge in [0, 0.05) is 13.1 Å². The van der Waals surface area contributed by atoms with Crippen LogP contribution < -0.4 is 5.32 Å². The Kier molecular flexibility index (Phi) is 4.76. The molecule has 5 heteroatoms. The predicted octanol–water partition coefficient (Wildman–Crippen LogP) is 1.85. The molecule has 0 aliphatic carbocycles. The quantitative estimate of drug-likeness (QED) is 0.813. The van der Waals surface area contributed by atoms with Gasteiger partial charge in [0.25, 0.3) is 6.43 Å². The molecule has 0 amide bonds. The van der Waals surface area contributed by atoms with Crippen LogP contribution in [0.5, 0.6) is 0 Å². The zero-order valence-electron chi connectivity index (χ0n) is 8.88. The first-order chi connectivity index (χ1) is 7.50. The predicted molar refractivity (Wildman–Crippen MR) is 54.9 cm³/mol. The van der Waals surface area contributed by atoms with Crippen molar-refractivity contribution in [3.63, 3.8) is 0 Å². The Hall–Kier alpha value is -1.07. The van der Waals surface area contributed by atoms with Gasteiger partial charge < -0.3 is 10.4 Å². The van der Waals surface area contributed by atoms with Gasteiger partial charge in [0.2, 0.25) is 0 Å². The van der Waals surface area contributed by atoms with Crippen molar-refractivity contribution >= 4 is 0 Å². The smallest absolute Gasteiger partial charge is 0.265 e. The summed E-state index contributed by atoms with van der Waals surface area (Å²) in [4.78, 5) is 0. The van der Waals surface area contributed by atoms with E-state index in [2.05, 4.69) is 5.32 Å². The maximum Gasteiger partial charge on any atom is 0.265 e. The Morgan fingerprint density at radius 2 is 2.06 bits per heavy atom. The van der Waals surface area contributed by atoms with E-state index in [1.54, 1.807) is 19.1 Å². The SMILES string of the molecule is Cc1cc(CNCC(O)C(F)F)ccc1F. The number of rotatable bonds is 5. The first-order valence-electron chi connectivity index (χ1n) is 4.92. The van der Waals surface area contributed by atoms with Crippen LogP contribution in [0.1, 0.15) is 11.1 Å². The van der Waals surface area contributed by atoms with Gasteiger partial charge in [-0.2, -0.15) is 0 Å². The van der Waals surface area contributed by atoms with Crippen LogP contribution in [0.3, 0.4) is 0 Å². The molecule has 16 heavy (non-hydrogen) atoms. The van der Waals surface area contributed by atoms with Crippen molar-refractivity contribution in [2.24, 2.45) is 0 Å². The lowest BCUT2D eigenvalue weighted by Crippen LogP contribution is -2.31. The van der Waals surface area contributed by atoms with E-state index < -0.39 is 12.5 Å². The summed E-state index contributed by atoms with van der Waals surface area (Å²) in [5.74, 6) is -0.295. The van der Waals surface area contributed by atoms with E-state index in [1.807, 2.05) is 0 Å². The minimum absolute atomic E-state index is 0.186. The Labute approximate surface area is 92.1 Å². The van der Waals surface area contributed by atoms with E-state index in [9.17, 15) is 13.2 Å². The maximum atomic E-state index is 12.9. The Morgan fingerprint density at radius 3 is 2.62 bits per heavy atom. The van der Waals surface area contributed by atoms with Crippen LogP contribution in [-0.4, -0.2) is 24.2 Å². The minimum Gasteiger partial charge on any atom is -0.386 e. The molecule has 0 aromatic heterocycles. The highest BCUT2D eigenvalue weighted by Crippen LogP contribution is 2.09. The summed E-state index contributed by atoms with van der Waals surface area (Å²) >= 11 is 0. The molecule has 2 N–H and O–H groups in total. The van der Waals surface area contributed by atoms with Crippen molar-refractivity contribution < 1.29 is 18.3 Å². The molecule has 0 bridgehead atoms. The lowest BCUT2D eigenvalue weighted by atomic mass is 10.1. The molecule has 1 aromatic rings. The van der Waals surface area contributed by atoms with Gasteiger partial charge in [0.15, 0.2) is 0 Å². The summed E-state index contributed by atoms with van der Waals surface area (Å²) in [5.41, 5.74) is 1.30. The van der Waals surface area contributed by atoms with Gasteiger partial charge in [0.05, 0.1) is 0 Å². The molecule has 0 radical (unpaired) electrons. The molecule has 2 nitrogen and oxygen atoms in total. The number of halogens is 3. The molecule has 0 aliphatic heterocycles. The standard InChI is InChI=1S/C11H14F3NO/c1-7-4-8(2-3-9(7)12)5-15-6-10(16)11(13)14/h2-4,10-11,15-16H,5-6H2,1H3. The molecule has 0 spiro atoms. The summed E-state index contributed by atoms with van der Waals surface area (Å²) in [5, 5.41) is 11.5. The maximum absolute atomic E-state index is 12.9. The molecule has 1 rings (SSSR count). The molecule has 0 saturated carbocycles. The van der Waals surface area contributed by atoms with Crippen LogP contribution in [0.4, 0.5) is 13.2 Å². The van der Waals surface area contributed by atoms with Crippen molar-refractivity contribution in [1.29, 1.82) is 0 Å². The van der Waals surface area contributed by atoms with Gasteiger partial charge in [-0.15, -0.1) is 0 Å². The monoisotopic (exact) mass is 233 g/mol. The highest BCUT2D eigenvalue weighted by molar-refractivity contribution is 5.23. The average Bonchev–Trinajstić information content (AvgIpc) is 2.23. The fraction of sp³-hybridized carbons (Fsp3) is 0.455. The van der Waals surface area contributed by atoms with E-state index >= 15 is 0 Å². The lowest BCUT2D eigenvalue weighted by molar-refractivity contribution is -0.00340. The van der Waals surface area contributed by atoms with Crippen molar-refractivity contribution in [1.82, 2.24) is 5.32 Å². The van der Waals surface area contributed by atoms with Crippen molar-refractivity contribution in [3.05, 3.63) is 35.1 Å². The average molecular weight is 233 g/mol. The number of aliphatic hydroxyl groups is 1. The highest BCUT2D eigenvalue weighted by atomic mass is 19.3. The molecule has 1 aromatic carbocycles. The highest BCUT2D eigenvalue weighted by Gasteiger charge is 2.15. The van der Waals surface area contributed by atoms with E-state index in [1.165, 1.54) is 6.07 Å². The number of aryl methyl sites for hydroxylation is 1. The molecular formula is C11H14F3NO. The van der Waals surface area contributed by atoms with Gasteiger partial charge in [-0.25, -0.2) is 13.2 Å². The molecule has 0 fully saturated rings. The van der Waals surface area contributed by atoms with Crippen molar-refractivity contribution in [3.8, 4) is 0 Å². The fourth-order valence-corrected chi connectivity index (χ4v) is 1.27. The second kappa shape index (κ2) is 5.86. The van der Waals surface area contributed by atoms with Crippen molar-refractivity contribution in [2.75, 3.05) is 6.54 Å².